The summed E-state index contributed by atoms with van der Waals surface area (Å²) < 4.78 is 6.92. The lowest BCUT2D eigenvalue weighted by Gasteiger charge is -2.05. The minimum atomic E-state index is 0.771. The second-order valence-corrected chi connectivity index (χ2v) is 5.93. The quantitative estimate of drug-likeness (QED) is 0.706. The molecule has 1 aliphatic rings. The summed E-state index contributed by atoms with van der Waals surface area (Å²) in [7, 11) is 0. The van der Waals surface area contributed by atoms with Crippen molar-refractivity contribution in [2.45, 2.75) is 6.42 Å². The van der Waals surface area contributed by atoms with E-state index >= 15 is 0 Å². The average molecular weight is 281 g/mol. The van der Waals surface area contributed by atoms with Crippen molar-refractivity contribution in [3.05, 3.63) is 39.7 Å². The van der Waals surface area contributed by atoms with Gasteiger partial charge in [-0.2, -0.15) is 0 Å². The fourth-order valence-electron chi connectivity index (χ4n) is 1.86. The number of ether oxygens (including phenoxy) is 1. The van der Waals surface area contributed by atoms with Crippen molar-refractivity contribution in [1.82, 2.24) is 0 Å². The summed E-state index contributed by atoms with van der Waals surface area (Å²) in [6.07, 6.45) is 0.992. The van der Waals surface area contributed by atoms with Gasteiger partial charge in [-0.3, -0.25) is 0 Å². The molecule has 76 valence electrons. The van der Waals surface area contributed by atoms with Gasteiger partial charge in [0, 0.05) is 16.9 Å². The van der Waals surface area contributed by atoms with Crippen molar-refractivity contribution in [3.63, 3.8) is 0 Å². The minimum absolute atomic E-state index is 0.771. The van der Waals surface area contributed by atoms with Crippen LogP contribution in [0.25, 0.3) is 10.4 Å². The first-order valence-electron chi connectivity index (χ1n) is 4.85. The Bertz CT molecular complexity index is 504. The summed E-state index contributed by atoms with van der Waals surface area (Å²) in [5.41, 5.74) is 2.61. The summed E-state index contributed by atoms with van der Waals surface area (Å²) in [6.45, 7) is 0.771. The van der Waals surface area contributed by atoms with Crippen LogP contribution in [0, 0.1) is 0 Å². The van der Waals surface area contributed by atoms with Crippen LogP contribution in [0.15, 0.2) is 34.1 Å². The largest absolute Gasteiger partial charge is 0.493 e. The van der Waals surface area contributed by atoms with Gasteiger partial charge in [0.1, 0.15) is 5.75 Å². The first-order valence-corrected chi connectivity index (χ1v) is 6.46. The molecule has 0 unspecified atom stereocenters. The summed E-state index contributed by atoms with van der Waals surface area (Å²) in [4.78, 5) is 1.34. The van der Waals surface area contributed by atoms with Gasteiger partial charge in [-0.25, -0.2) is 0 Å². The van der Waals surface area contributed by atoms with E-state index in [1.807, 2.05) is 12.1 Å². The molecule has 0 amide bonds. The highest BCUT2D eigenvalue weighted by atomic mass is 79.9. The lowest BCUT2D eigenvalue weighted by atomic mass is 10.1. The molecule has 0 aliphatic carbocycles. The number of rotatable bonds is 0. The van der Waals surface area contributed by atoms with E-state index in [9.17, 15) is 0 Å². The van der Waals surface area contributed by atoms with Crippen LogP contribution in [-0.2, 0) is 6.42 Å². The van der Waals surface area contributed by atoms with Gasteiger partial charge in [0.15, 0.2) is 0 Å². The molecule has 3 heteroatoms. The molecule has 0 N–H and O–H groups in total. The van der Waals surface area contributed by atoms with Crippen LogP contribution in [0.4, 0.5) is 0 Å². The lowest BCUT2D eigenvalue weighted by molar-refractivity contribution is 0.326. The Labute approximate surface area is 101 Å². The number of hydrogen-bond donors (Lipinski definition) is 0. The van der Waals surface area contributed by atoms with Gasteiger partial charge in [0.25, 0.3) is 0 Å². The Morgan fingerprint density at radius 3 is 3.07 bits per heavy atom. The zero-order chi connectivity index (χ0) is 10.3. The molecule has 0 saturated carbocycles. The molecule has 1 aromatic heterocycles. The van der Waals surface area contributed by atoms with Crippen LogP contribution in [0.1, 0.15) is 5.56 Å². The fourth-order valence-corrected chi connectivity index (χ4v) is 3.59. The van der Waals surface area contributed by atoms with Crippen molar-refractivity contribution in [3.8, 4) is 16.2 Å². The van der Waals surface area contributed by atoms with E-state index in [1.165, 1.54) is 19.8 Å². The third kappa shape index (κ3) is 1.60. The Morgan fingerprint density at radius 1 is 1.27 bits per heavy atom. The highest BCUT2D eigenvalue weighted by molar-refractivity contribution is 9.11. The Kier molecular flexibility index (Phi) is 2.29. The average Bonchev–Trinajstić information content (AvgIpc) is 2.52. The highest BCUT2D eigenvalue weighted by Crippen LogP contribution is 2.41. The van der Waals surface area contributed by atoms with Crippen LogP contribution in [0.2, 0.25) is 0 Å². The van der Waals surface area contributed by atoms with E-state index in [0.29, 0.717) is 0 Å². The van der Waals surface area contributed by atoms with E-state index < -0.39 is 0 Å². The number of benzene rings is 1. The first-order chi connectivity index (χ1) is 7.34. The van der Waals surface area contributed by atoms with Crippen LogP contribution in [0.5, 0.6) is 5.75 Å². The van der Waals surface area contributed by atoms with Crippen molar-refractivity contribution < 1.29 is 4.74 Å². The number of halogens is 1. The fraction of sp³-hybridized carbons (Fsp3) is 0.167. The van der Waals surface area contributed by atoms with E-state index in [-0.39, 0.29) is 0 Å². The van der Waals surface area contributed by atoms with Gasteiger partial charge >= 0.3 is 0 Å². The van der Waals surface area contributed by atoms with Crippen molar-refractivity contribution in [2.75, 3.05) is 6.61 Å². The monoisotopic (exact) mass is 280 g/mol. The molecule has 15 heavy (non-hydrogen) atoms. The summed E-state index contributed by atoms with van der Waals surface area (Å²) >= 11 is 5.33. The Morgan fingerprint density at radius 2 is 2.13 bits per heavy atom. The minimum Gasteiger partial charge on any atom is -0.493 e. The van der Waals surface area contributed by atoms with Gasteiger partial charge in [0.2, 0.25) is 0 Å². The lowest BCUT2D eigenvalue weighted by Crippen LogP contribution is -1.97. The van der Waals surface area contributed by atoms with Gasteiger partial charge in [-0.1, -0.05) is 12.1 Å². The molecule has 0 spiro atoms. The molecule has 3 rings (SSSR count). The highest BCUT2D eigenvalue weighted by Gasteiger charge is 2.17. The zero-order valence-corrected chi connectivity index (χ0v) is 10.4. The second kappa shape index (κ2) is 3.65. The van der Waals surface area contributed by atoms with Crippen LogP contribution in [0.3, 0.4) is 0 Å². The van der Waals surface area contributed by atoms with Gasteiger partial charge < -0.3 is 4.74 Å². The maximum Gasteiger partial charge on any atom is 0.127 e. The number of fused-ring (bicyclic) bond motifs is 3. The Hall–Kier alpha value is -0.800. The predicted molar refractivity (Wildman–Crippen MR) is 66.7 cm³/mol. The standard InChI is InChI=1S/C12H9BrOS/c13-11-7-8-5-6-14-10-4-2-1-3-9(10)12(8)15-11/h1-4,7H,5-6H2. The summed E-state index contributed by atoms with van der Waals surface area (Å²) in [6, 6.07) is 10.4. The third-order valence-electron chi connectivity index (χ3n) is 2.54. The van der Waals surface area contributed by atoms with Crippen molar-refractivity contribution in [1.29, 1.82) is 0 Å². The Balaban J connectivity index is 2.26. The molecule has 0 saturated heterocycles. The van der Waals surface area contributed by atoms with Gasteiger partial charge in [-0.15, -0.1) is 11.3 Å². The topological polar surface area (TPSA) is 9.23 Å². The summed E-state index contributed by atoms with van der Waals surface area (Å²) in [5.74, 6) is 1.01. The second-order valence-electron chi connectivity index (χ2n) is 3.50. The molecule has 1 aliphatic heterocycles. The van der Waals surface area contributed by atoms with Crippen LogP contribution >= 0.6 is 27.3 Å². The molecule has 2 aromatic rings. The van der Waals surface area contributed by atoms with E-state index in [2.05, 4.69) is 34.1 Å². The number of thiophene rings is 1. The van der Waals surface area contributed by atoms with Crippen LogP contribution < -0.4 is 4.74 Å². The first kappa shape index (κ1) is 9.43. The predicted octanol–water partition coefficient (Wildman–Crippen LogP) is 4.11. The smallest absolute Gasteiger partial charge is 0.127 e. The van der Waals surface area contributed by atoms with Gasteiger partial charge in [0.05, 0.1) is 10.4 Å². The molecule has 2 heterocycles. The maximum absolute atomic E-state index is 5.72. The number of hydrogen-bond acceptors (Lipinski definition) is 2. The normalized spacial score (nSPS) is 13.7. The van der Waals surface area contributed by atoms with Crippen molar-refractivity contribution in [2.24, 2.45) is 0 Å². The van der Waals surface area contributed by atoms with E-state index in [4.69, 9.17) is 4.74 Å². The number of para-hydroxylation sites is 1. The molecule has 0 fully saturated rings. The molecule has 0 atom stereocenters. The molecule has 1 nitrogen and oxygen atoms in total. The van der Waals surface area contributed by atoms with Crippen molar-refractivity contribution >= 4 is 27.3 Å². The SMILES string of the molecule is Brc1cc2c(s1)-c1ccccc1OCC2. The molecule has 0 bridgehead atoms. The van der Waals surface area contributed by atoms with Crippen LogP contribution in [-0.4, -0.2) is 6.61 Å². The third-order valence-corrected chi connectivity index (χ3v) is 4.25. The van der Waals surface area contributed by atoms with E-state index in [0.717, 1.165) is 18.8 Å². The zero-order valence-electron chi connectivity index (χ0n) is 8.00. The molecule has 0 radical (unpaired) electrons. The van der Waals surface area contributed by atoms with Gasteiger partial charge in [-0.05, 0) is 39.7 Å². The maximum atomic E-state index is 5.72. The van der Waals surface area contributed by atoms with E-state index in [1.54, 1.807) is 11.3 Å². The summed E-state index contributed by atoms with van der Waals surface area (Å²) in [5, 5.41) is 0. The molecular formula is C12H9BrOS. The molecule has 1 aromatic carbocycles. The molecular weight excluding hydrogens is 272 g/mol.